The maximum Gasteiger partial charge on any atom is 0.326 e. The van der Waals surface area contributed by atoms with Gasteiger partial charge in [-0.1, -0.05) is 12.1 Å². The molecule has 6 rings (SSSR count). The number of rotatable bonds is 3. The maximum absolute atomic E-state index is 12.4. The van der Waals surface area contributed by atoms with Crippen molar-refractivity contribution in [3.05, 3.63) is 34.7 Å². The van der Waals surface area contributed by atoms with Crippen LogP contribution < -0.4 is 5.69 Å². The number of para-hydroxylation sites is 2. The molecular formula is C20H28N4O. The Kier molecular flexibility index (Phi) is 3.94. The molecule has 2 aromatic rings. The van der Waals surface area contributed by atoms with E-state index in [4.69, 9.17) is 0 Å². The van der Waals surface area contributed by atoms with Crippen molar-refractivity contribution in [2.75, 3.05) is 32.7 Å². The number of likely N-dealkylation sites (tertiary alicyclic amines) is 1. The summed E-state index contributed by atoms with van der Waals surface area (Å²) in [4.78, 5) is 20.8. The fourth-order valence-electron chi connectivity index (χ4n) is 5.37. The molecule has 134 valence electrons. The lowest BCUT2D eigenvalue weighted by Gasteiger charge is -2.47. The Balaban J connectivity index is 1.25. The topological polar surface area (TPSA) is 44.3 Å². The zero-order valence-electron chi connectivity index (χ0n) is 14.9. The van der Waals surface area contributed by atoms with Crippen molar-refractivity contribution >= 4 is 11.0 Å². The van der Waals surface area contributed by atoms with Crippen LogP contribution >= 0.6 is 0 Å². The predicted molar refractivity (Wildman–Crippen MR) is 100.0 cm³/mol. The highest BCUT2D eigenvalue weighted by Crippen LogP contribution is 2.33. The van der Waals surface area contributed by atoms with Crippen molar-refractivity contribution < 1.29 is 0 Å². The molecule has 4 aliphatic heterocycles. The molecule has 25 heavy (non-hydrogen) atoms. The van der Waals surface area contributed by atoms with Crippen molar-refractivity contribution in [1.29, 1.82) is 0 Å². The molecule has 1 N–H and O–H groups in total. The average Bonchev–Trinajstić information content (AvgIpc) is 2.99. The number of hydrogen-bond donors (Lipinski definition) is 1. The van der Waals surface area contributed by atoms with E-state index in [9.17, 15) is 4.79 Å². The third-order valence-electron chi connectivity index (χ3n) is 6.79. The fourth-order valence-corrected chi connectivity index (χ4v) is 5.37. The van der Waals surface area contributed by atoms with E-state index in [2.05, 4.69) is 20.9 Å². The first kappa shape index (κ1) is 15.6. The summed E-state index contributed by atoms with van der Waals surface area (Å²) in [6, 6.07) is 9.18. The van der Waals surface area contributed by atoms with Gasteiger partial charge in [-0.2, -0.15) is 0 Å². The smallest absolute Gasteiger partial charge is 0.306 e. The van der Waals surface area contributed by atoms with Crippen LogP contribution in [0.5, 0.6) is 0 Å². The van der Waals surface area contributed by atoms with Crippen molar-refractivity contribution in [2.45, 2.75) is 44.2 Å². The van der Waals surface area contributed by atoms with E-state index in [1.54, 1.807) is 0 Å². The molecule has 1 aromatic heterocycles. The van der Waals surface area contributed by atoms with Crippen molar-refractivity contribution in [1.82, 2.24) is 19.4 Å². The number of hydrogen-bond acceptors (Lipinski definition) is 3. The van der Waals surface area contributed by atoms with Gasteiger partial charge in [-0.25, -0.2) is 4.79 Å². The first-order valence-electron chi connectivity index (χ1n) is 9.93. The van der Waals surface area contributed by atoms with Gasteiger partial charge in [0.1, 0.15) is 0 Å². The highest BCUT2D eigenvalue weighted by molar-refractivity contribution is 5.75. The number of H-pyrrole nitrogens is 1. The molecule has 0 amide bonds. The van der Waals surface area contributed by atoms with Gasteiger partial charge in [-0.15, -0.1) is 0 Å². The molecule has 1 aromatic carbocycles. The van der Waals surface area contributed by atoms with E-state index in [0.717, 1.165) is 48.9 Å². The highest BCUT2D eigenvalue weighted by atomic mass is 16.1. The number of nitrogens with zero attached hydrogens (tertiary/aromatic N) is 3. The van der Waals surface area contributed by atoms with E-state index in [0.29, 0.717) is 6.04 Å². The lowest BCUT2D eigenvalue weighted by Crippen LogP contribution is -2.54. The third kappa shape index (κ3) is 2.83. The van der Waals surface area contributed by atoms with Gasteiger partial charge in [0.2, 0.25) is 0 Å². The van der Waals surface area contributed by atoms with Crippen molar-refractivity contribution in [3.8, 4) is 0 Å². The monoisotopic (exact) mass is 340 g/mol. The molecule has 1 unspecified atom stereocenters. The molecule has 0 saturated carbocycles. The van der Waals surface area contributed by atoms with Crippen LogP contribution in [0.15, 0.2) is 29.1 Å². The summed E-state index contributed by atoms with van der Waals surface area (Å²) in [6.07, 6.45) is 6.40. The number of fused-ring (bicyclic) bond motifs is 4. The second kappa shape index (κ2) is 6.29. The molecule has 4 saturated heterocycles. The summed E-state index contributed by atoms with van der Waals surface area (Å²) >= 11 is 0. The number of benzene rings is 1. The Morgan fingerprint density at radius 3 is 2.48 bits per heavy atom. The molecular weight excluding hydrogens is 312 g/mol. The Morgan fingerprint density at radius 1 is 1.00 bits per heavy atom. The van der Waals surface area contributed by atoms with Gasteiger partial charge in [0.15, 0.2) is 0 Å². The Bertz CT molecular complexity index is 793. The molecule has 0 spiro atoms. The molecule has 5 heteroatoms. The van der Waals surface area contributed by atoms with E-state index in [1.165, 1.54) is 38.9 Å². The van der Waals surface area contributed by atoms with Crippen molar-refractivity contribution in [3.63, 3.8) is 0 Å². The van der Waals surface area contributed by atoms with Crippen LogP contribution in [0.2, 0.25) is 0 Å². The van der Waals surface area contributed by atoms with Crippen molar-refractivity contribution in [2.24, 2.45) is 5.92 Å². The quantitative estimate of drug-likeness (QED) is 0.933. The van der Waals surface area contributed by atoms with Gasteiger partial charge in [0.05, 0.1) is 11.0 Å². The number of nitrogens with one attached hydrogen (secondary N) is 1. The molecule has 4 fully saturated rings. The molecule has 5 nitrogen and oxygen atoms in total. The fraction of sp³-hybridized carbons (Fsp3) is 0.650. The van der Waals surface area contributed by atoms with Crippen LogP contribution in [-0.2, 0) is 0 Å². The molecule has 2 bridgehead atoms. The number of piperidine rings is 4. The second-order valence-corrected chi connectivity index (χ2v) is 8.22. The van der Waals surface area contributed by atoms with Gasteiger partial charge in [0.25, 0.3) is 0 Å². The Morgan fingerprint density at radius 2 is 1.76 bits per heavy atom. The maximum atomic E-state index is 12.4. The Hall–Kier alpha value is -1.59. The second-order valence-electron chi connectivity index (χ2n) is 8.22. The van der Waals surface area contributed by atoms with E-state index in [-0.39, 0.29) is 5.69 Å². The van der Waals surface area contributed by atoms with Crippen LogP contribution in [0.25, 0.3) is 11.0 Å². The predicted octanol–water partition coefficient (Wildman–Crippen LogP) is 2.45. The van der Waals surface area contributed by atoms with E-state index < -0.39 is 0 Å². The van der Waals surface area contributed by atoms with Gasteiger partial charge in [0, 0.05) is 31.7 Å². The average molecular weight is 340 g/mol. The first-order valence-corrected chi connectivity index (χ1v) is 9.93. The minimum atomic E-state index is 0.0513. The van der Waals surface area contributed by atoms with E-state index >= 15 is 0 Å². The minimum Gasteiger partial charge on any atom is -0.306 e. The van der Waals surface area contributed by atoms with Gasteiger partial charge in [-0.05, 0) is 63.2 Å². The summed E-state index contributed by atoms with van der Waals surface area (Å²) < 4.78 is 2.00. The summed E-state index contributed by atoms with van der Waals surface area (Å²) in [7, 11) is 0. The minimum absolute atomic E-state index is 0.0513. The van der Waals surface area contributed by atoms with Crippen LogP contribution in [0.1, 0.15) is 38.1 Å². The van der Waals surface area contributed by atoms with Gasteiger partial charge >= 0.3 is 5.69 Å². The summed E-state index contributed by atoms with van der Waals surface area (Å²) in [5.41, 5.74) is 2.07. The Labute approximate surface area is 148 Å². The standard InChI is InChI=1S/C20H28N4O/c25-20-21-18-3-1-2-4-19(18)24(20)16-7-9-22(10-8-16)14-17-13-15-5-11-23(17)12-6-15/h1-4,15-17H,5-14H2,(H,21,25). The van der Waals surface area contributed by atoms with Crippen LogP contribution in [0, 0.1) is 5.92 Å². The van der Waals surface area contributed by atoms with Crippen LogP contribution in [-0.4, -0.2) is 58.1 Å². The summed E-state index contributed by atoms with van der Waals surface area (Å²) in [5, 5.41) is 0. The van der Waals surface area contributed by atoms with Gasteiger partial charge < -0.3 is 9.88 Å². The number of aromatic nitrogens is 2. The normalized spacial score (nSPS) is 31.0. The SMILES string of the molecule is O=c1[nH]c2ccccc2n1C1CCN(CC2CC3CCN2CC3)CC1. The first-order chi connectivity index (χ1) is 12.3. The lowest BCUT2D eigenvalue weighted by atomic mass is 9.83. The summed E-state index contributed by atoms with van der Waals surface area (Å²) in [5.74, 6) is 0.984. The number of aromatic amines is 1. The highest BCUT2D eigenvalue weighted by Gasteiger charge is 2.35. The largest absolute Gasteiger partial charge is 0.326 e. The number of imidazole rings is 1. The zero-order valence-corrected chi connectivity index (χ0v) is 14.9. The van der Waals surface area contributed by atoms with Crippen LogP contribution in [0.3, 0.4) is 0 Å². The molecule has 5 heterocycles. The molecule has 0 radical (unpaired) electrons. The molecule has 0 aliphatic carbocycles. The molecule has 1 atom stereocenters. The lowest BCUT2D eigenvalue weighted by molar-refractivity contribution is 0.0221. The zero-order chi connectivity index (χ0) is 16.8. The summed E-state index contributed by atoms with van der Waals surface area (Å²) in [6.45, 7) is 6.09. The van der Waals surface area contributed by atoms with E-state index in [1.807, 2.05) is 22.8 Å². The molecule has 4 aliphatic rings. The van der Waals surface area contributed by atoms with Gasteiger partial charge in [-0.3, -0.25) is 9.47 Å². The third-order valence-corrected chi connectivity index (χ3v) is 6.79. The van der Waals surface area contributed by atoms with Crippen LogP contribution in [0.4, 0.5) is 0 Å².